The van der Waals surface area contributed by atoms with Gasteiger partial charge in [-0.25, -0.2) is 0 Å². The zero-order valence-corrected chi connectivity index (χ0v) is 11.4. The van der Waals surface area contributed by atoms with Gasteiger partial charge in [0.25, 0.3) is 0 Å². The number of amides is 1. The lowest BCUT2D eigenvalue weighted by atomic mass is 9.69. The molecule has 0 spiro atoms. The molecule has 0 heterocycles. The summed E-state index contributed by atoms with van der Waals surface area (Å²) in [6, 6.07) is 2.52. The van der Waals surface area contributed by atoms with Gasteiger partial charge in [0.05, 0.1) is 6.07 Å². The van der Waals surface area contributed by atoms with Crippen molar-refractivity contribution in [3.8, 4) is 6.07 Å². The molecule has 2 saturated carbocycles. The molecule has 0 saturated heterocycles. The number of carbonyl (C=O) groups excluding carboxylic acids is 1. The Labute approximate surface area is 110 Å². The summed E-state index contributed by atoms with van der Waals surface area (Å²) in [6.45, 7) is 2.14. The van der Waals surface area contributed by atoms with Crippen LogP contribution in [0.1, 0.15) is 64.7 Å². The minimum absolute atomic E-state index is 0.00586. The van der Waals surface area contributed by atoms with Gasteiger partial charge in [0, 0.05) is 6.04 Å². The number of nitrogens with one attached hydrogen (secondary N) is 1. The molecule has 0 aromatic carbocycles. The monoisotopic (exact) mass is 248 g/mol. The molecule has 1 unspecified atom stereocenters. The maximum atomic E-state index is 12.3. The van der Waals surface area contributed by atoms with E-state index < -0.39 is 5.41 Å². The van der Waals surface area contributed by atoms with Crippen LogP contribution >= 0.6 is 0 Å². The second kappa shape index (κ2) is 5.73. The molecule has 0 aromatic rings. The number of carbonyl (C=O) groups is 1. The van der Waals surface area contributed by atoms with Crippen molar-refractivity contribution in [3.63, 3.8) is 0 Å². The molecule has 1 amide bonds. The molecule has 2 aliphatic rings. The first kappa shape index (κ1) is 13.4. The fourth-order valence-corrected chi connectivity index (χ4v) is 3.32. The summed E-state index contributed by atoms with van der Waals surface area (Å²) >= 11 is 0. The van der Waals surface area contributed by atoms with Crippen LogP contribution < -0.4 is 5.32 Å². The fourth-order valence-electron chi connectivity index (χ4n) is 3.32. The Morgan fingerprint density at radius 3 is 2.44 bits per heavy atom. The summed E-state index contributed by atoms with van der Waals surface area (Å²) in [7, 11) is 0. The minimum atomic E-state index is -0.692. The molecule has 3 heteroatoms. The van der Waals surface area contributed by atoms with Gasteiger partial charge >= 0.3 is 0 Å². The van der Waals surface area contributed by atoms with Crippen LogP contribution in [-0.2, 0) is 4.79 Å². The number of nitrogens with zero attached hydrogens (tertiary/aromatic N) is 1. The number of hydrogen-bond donors (Lipinski definition) is 1. The second-order valence-corrected chi connectivity index (χ2v) is 5.93. The van der Waals surface area contributed by atoms with Crippen LogP contribution in [0.5, 0.6) is 0 Å². The van der Waals surface area contributed by atoms with Crippen LogP contribution in [0.4, 0.5) is 0 Å². The zero-order valence-electron chi connectivity index (χ0n) is 11.4. The highest BCUT2D eigenvalue weighted by molar-refractivity contribution is 5.86. The van der Waals surface area contributed by atoms with Crippen molar-refractivity contribution in [3.05, 3.63) is 0 Å². The van der Waals surface area contributed by atoms with Gasteiger partial charge in [-0.2, -0.15) is 5.26 Å². The van der Waals surface area contributed by atoms with Gasteiger partial charge in [-0.3, -0.25) is 4.79 Å². The fraction of sp³-hybridized carbons (Fsp3) is 0.867. The van der Waals surface area contributed by atoms with Crippen LogP contribution in [0.2, 0.25) is 0 Å². The lowest BCUT2D eigenvalue weighted by Crippen LogP contribution is -2.50. The van der Waals surface area contributed by atoms with Crippen LogP contribution in [0, 0.1) is 22.7 Å². The van der Waals surface area contributed by atoms with E-state index in [0.29, 0.717) is 5.92 Å². The Balaban J connectivity index is 1.93. The van der Waals surface area contributed by atoms with E-state index in [4.69, 9.17) is 0 Å². The summed E-state index contributed by atoms with van der Waals surface area (Å²) in [4.78, 5) is 12.3. The molecule has 0 radical (unpaired) electrons. The van der Waals surface area contributed by atoms with Crippen molar-refractivity contribution >= 4 is 5.91 Å². The van der Waals surface area contributed by atoms with E-state index in [1.807, 2.05) is 0 Å². The van der Waals surface area contributed by atoms with Crippen molar-refractivity contribution in [1.29, 1.82) is 5.26 Å². The third-order valence-corrected chi connectivity index (χ3v) is 4.83. The van der Waals surface area contributed by atoms with E-state index in [0.717, 1.165) is 25.7 Å². The van der Waals surface area contributed by atoms with Crippen molar-refractivity contribution in [1.82, 2.24) is 5.32 Å². The molecule has 100 valence electrons. The molecular formula is C15H24N2O. The average molecular weight is 248 g/mol. The van der Waals surface area contributed by atoms with Crippen LogP contribution in [0.15, 0.2) is 0 Å². The van der Waals surface area contributed by atoms with Crippen molar-refractivity contribution < 1.29 is 4.79 Å². The van der Waals surface area contributed by atoms with Crippen LogP contribution in [-0.4, -0.2) is 11.9 Å². The predicted octanol–water partition coefficient (Wildman–Crippen LogP) is 3.16. The van der Waals surface area contributed by atoms with Gasteiger partial charge in [0.15, 0.2) is 0 Å². The maximum absolute atomic E-state index is 12.3. The molecular weight excluding hydrogens is 224 g/mol. The molecule has 0 aromatic heterocycles. The largest absolute Gasteiger partial charge is 0.352 e. The number of hydrogen-bond acceptors (Lipinski definition) is 2. The lowest BCUT2D eigenvalue weighted by Gasteiger charge is -2.37. The standard InChI is InChI=1S/C15H24N2O/c1-2-13(12-7-4-3-5-8-12)17-14(18)15(11-16)9-6-10-15/h12-13H,2-10H2,1H3,(H,17,18). The normalized spacial score (nSPS) is 24.7. The number of rotatable bonds is 4. The average Bonchev–Trinajstić information content (AvgIpc) is 2.36. The Kier molecular flexibility index (Phi) is 4.27. The molecule has 2 fully saturated rings. The van der Waals surface area contributed by atoms with Crippen molar-refractivity contribution in [2.24, 2.45) is 11.3 Å². The topological polar surface area (TPSA) is 52.9 Å². The second-order valence-electron chi connectivity index (χ2n) is 5.93. The van der Waals surface area contributed by atoms with E-state index in [2.05, 4.69) is 18.3 Å². The summed E-state index contributed by atoms with van der Waals surface area (Å²) in [5.41, 5.74) is -0.692. The van der Waals surface area contributed by atoms with E-state index in [9.17, 15) is 10.1 Å². The van der Waals surface area contributed by atoms with Crippen LogP contribution in [0.3, 0.4) is 0 Å². The molecule has 18 heavy (non-hydrogen) atoms. The highest BCUT2D eigenvalue weighted by Crippen LogP contribution is 2.41. The maximum Gasteiger partial charge on any atom is 0.240 e. The Morgan fingerprint density at radius 1 is 1.33 bits per heavy atom. The van der Waals surface area contributed by atoms with Gasteiger partial charge < -0.3 is 5.32 Å². The zero-order chi connectivity index (χ0) is 13.0. The van der Waals surface area contributed by atoms with Gasteiger partial charge in [0.1, 0.15) is 5.41 Å². The van der Waals surface area contributed by atoms with Crippen molar-refractivity contribution in [2.75, 3.05) is 0 Å². The molecule has 3 nitrogen and oxygen atoms in total. The predicted molar refractivity (Wildman–Crippen MR) is 70.7 cm³/mol. The summed E-state index contributed by atoms with van der Waals surface area (Å²) < 4.78 is 0. The quantitative estimate of drug-likeness (QED) is 0.831. The molecule has 1 N–H and O–H groups in total. The van der Waals surface area contributed by atoms with Gasteiger partial charge in [-0.05, 0) is 44.4 Å². The lowest BCUT2D eigenvalue weighted by molar-refractivity contribution is -0.133. The minimum Gasteiger partial charge on any atom is -0.352 e. The van der Waals surface area contributed by atoms with Gasteiger partial charge in [0.2, 0.25) is 5.91 Å². The number of nitriles is 1. The Morgan fingerprint density at radius 2 is 2.00 bits per heavy atom. The van der Waals surface area contributed by atoms with Gasteiger partial charge in [-0.15, -0.1) is 0 Å². The third kappa shape index (κ3) is 2.53. The molecule has 1 atom stereocenters. The summed E-state index contributed by atoms with van der Waals surface area (Å²) in [5.74, 6) is 0.622. The van der Waals surface area contributed by atoms with Gasteiger partial charge in [-0.1, -0.05) is 26.2 Å². The van der Waals surface area contributed by atoms with E-state index in [1.54, 1.807) is 0 Å². The smallest absolute Gasteiger partial charge is 0.240 e. The molecule has 2 rings (SSSR count). The molecule has 0 aliphatic heterocycles. The highest BCUT2D eigenvalue weighted by atomic mass is 16.2. The van der Waals surface area contributed by atoms with Crippen LogP contribution in [0.25, 0.3) is 0 Å². The first-order chi connectivity index (χ1) is 8.72. The first-order valence-electron chi connectivity index (χ1n) is 7.44. The summed E-state index contributed by atoms with van der Waals surface area (Å²) in [5, 5.41) is 12.4. The Hall–Kier alpha value is -1.04. The SMILES string of the molecule is CCC(NC(=O)C1(C#N)CCC1)C1CCCCC1. The first-order valence-corrected chi connectivity index (χ1v) is 7.44. The molecule has 0 bridgehead atoms. The summed E-state index contributed by atoms with van der Waals surface area (Å²) in [6.07, 6.45) is 9.88. The van der Waals surface area contributed by atoms with Crippen molar-refractivity contribution in [2.45, 2.75) is 70.8 Å². The highest BCUT2D eigenvalue weighted by Gasteiger charge is 2.45. The molecule has 2 aliphatic carbocycles. The van der Waals surface area contributed by atoms with E-state index >= 15 is 0 Å². The Bertz CT molecular complexity index is 335. The third-order valence-electron chi connectivity index (χ3n) is 4.83. The van der Waals surface area contributed by atoms with E-state index in [-0.39, 0.29) is 11.9 Å². The van der Waals surface area contributed by atoms with E-state index in [1.165, 1.54) is 32.1 Å².